The number of carbonyl (C=O) groups is 2. The standard InChI is InChI=1S/C19H18N2O4/c1-13-10-15(19(23)24-2)18(16(11-13)21-17(22)8-9-20)25-12-14-6-4-3-5-7-14/h3-7,10-11H,8,12H2,1-2H3,(H,21,22). The van der Waals surface area contributed by atoms with Crippen molar-refractivity contribution in [3.8, 4) is 11.8 Å². The molecular weight excluding hydrogens is 320 g/mol. The van der Waals surface area contributed by atoms with Crippen LogP contribution in [-0.2, 0) is 16.1 Å². The third-order valence-corrected chi connectivity index (χ3v) is 3.38. The lowest BCUT2D eigenvalue weighted by Crippen LogP contribution is -2.14. The summed E-state index contributed by atoms with van der Waals surface area (Å²) in [5, 5.41) is 11.3. The number of nitrogens with one attached hydrogen (secondary N) is 1. The number of methoxy groups -OCH3 is 1. The normalized spacial score (nSPS) is 9.80. The van der Waals surface area contributed by atoms with Gasteiger partial charge in [-0.3, -0.25) is 4.79 Å². The van der Waals surface area contributed by atoms with E-state index in [-0.39, 0.29) is 24.3 Å². The number of ether oxygens (including phenoxy) is 2. The molecule has 0 aliphatic carbocycles. The van der Waals surface area contributed by atoms with Gasteiger partial charge in [0.1, 0.15) is 18.6 Å². The minimum absolute atomic E-state index is 0.214. The third kappa shape index (κ3) is 4.82. The number of anilines is 1. The van der Waals surface area contributed by atoms with Crippen molar-refractivity contribution in [2.24, 2.45) is 0 Å². The third-order valence-electron chi connectivity index (χ3n) is 3.38. The maximum Gasteiger partial charge on any atom is 0.341 e. The molecule has 0 aromatic heterocycles. The smallest absolute Gasteiger partial charge is 0.341 e. The molecule has 0 atom stereocenters. The number of hydrogen-bond acceptors (Lipinski definition) is 5. The van der Waals surface area contributed by atoms with E-state index in [0.29, 0.717) is 5.69 Å². The molecule has 2 aromatic rings. The van der Waals surface area contributed by atoms with Crippen molar-refractivity contribution >= 4 is 17.6 Å². The predicted molar refractivity (Wildman–Crippen MR) is 92.2 cm³/mol. The maximum atomic E-state index is 12.1. The molecule has 0 bridgehead atoms. The molecule has 0 saturated carbocycles. The van der Waals surface area contributed by atoms with Crippen LogP contribution in [0.2, 0.25) is 0 Å². The first-order chi connectivity index (χ1) is 12.0. The van der Waals surface area contributed by atoms with Crippen LogP contribution in [0.25, 0.3) is 0 Å². The topological polar surface area (TPSA) is 88.4 Å². The Hall–Kier alpha value is -3.33. The molecule has 0 aliphatic heterocycles. The van der Waals surface area contributed by atoms with Gasteiger partial charge >= 0.3 is 5.97 Å². The zero-order valence-corrected chi connectivity index (χ0v) is 14.0. The van der Waals surface area contributed by atoms with Crippen molar-refractivity contribution in [1.29, 1.82) is 5.26 Å². The van der Waals surface area contributed by atoms with Crippen molar-refractivity contribution in [2.75, 3.05) is 12.4 Å². The van der Waals surface area contributed by atoms with Gasteiger partial charge in [0.05, 0.1) is 18.9 Å². The van der Waals surface area contributed by atoms with E-state index in [9.17, 15) is 9.59 Å². The number of hydrogen-bond donors (Lipinski definition) is 1. The first-order valence-electron chi connectivity index (χ1n) is 7.61. The maximum absolute atomic E-state index is 12.1. The Balaban J connectivity index is 2.39. The van der Waals surface area contributed by atoms with Crippen molar-refractivity contribution < 1.29 is 19.1 Å². The van der Waals surface area contributed by atoms with Gasteiger partial charge in [-0.15, -0.1) is 0 Å². The summed E-state index contributed by atoms with van der Waals surface area (Å²) >= 11 is 0. The largest absolute Gasteiger partial charge is 0.486 e. The summed E-state index contributed by atoms with van der Waals surface area (Å²) in [5.74, 6) is -0.830. The number of carbonyl (C=O) groups excluding carboxylic acids is 2. The fraction of sp³-hybridized carbons (Fsp3) is 0.211. The Morgan fingerprint density at radius 2 is 1.92 bits per heavy atom. The van der Waals surface area contributed by atoms with Crippen LogP contribution in [0.3, 0.4) is 0 Å². The van der Waals surface area contributed by atoms with Crippen molar-refractivity contribution in [1.82, 2.24) is 0 Å². The second kappa shape index (κ2) is 8.50. The number of nitrogens with zero attached hydrogens (tertiary/aromatic N) is 1. The Morgan fingerprint density at radius 1 is 1.20 bits per heavy atom. The van der Waals surface area contributed by atoms with Gasteiger partial charge in [0.2, 0.25) is 5.91 Å². The van der Waals surface area contributed by atoms with Crippen molar-refractivity contribution in [2.45, 2.75) is 20.0 Å². The molecule has 0 radical (unpaired) electrons. The van der Waals surface area contributed by atoms with Crippen LogP contribution in [0.15, 0.2) is 42.5 Å². The fourth-order valence-corrected chi connectivity index (χ4v) is 2.28. The summed E-state index contributed by atoms with van der Waals surface area (Å²) in [6, 6.07) is 14.5. The first-order valence-corrected chi connectivity index (χ1v) is 7.61. The van der Waals surface area contributed by atoms with E-state index < -0.39 is 11.9 Å². The lowest BCUT2D eigenvalue weighted by molar-refractivity contribution is -0.115. The van der Waals surface area contributed by atoms with E-state index in [2.05, 4.69) is 5.32 Å². The van der Waals surface area contributed by atoms with E-state index in [1.807, 2.05) is 30.3 Å². The first kappa shape index (κ1) is 18.0. The van der Waals surface area contributed by atoms with Gasteiger partial charge in [-0.2, -0.15) is 5.26 Å². The van der Waals surface area contributed by atoms with Crippen LogP contribution in [-0.4, -0.2) is 19.0 Å². The second-order valence-electron chi connectivity index (χ2n) is 5.34. The van der Waals surface area contributed by atoms with Gasteiger partial charge in [-0.1, -0.05) is 30.3 Å². The zero-order chi connectivity index (χ0) is 18.2. The van der Waals surface area contributed by atoms with E-state index >= 15 is 0 Å². The molecule has 2 aromatic carbocycles. The molecule has 0 spiro atoms. The average Bonchev–Trinajstić information content (AvgIpc) is 2.60. The monoisotopic (exact) mass is 338 g/mol. The number of aryl methyl sites for hydroxylation is 1. The van der Waals surface area contributed by atoms with Crippen molar-refractivity contribution in [3.63, 3.8) is 0 Å². The van der Waals surface area contributed by atoms with Crippen LogP contribution in [0.4, 0.5) is 5.69 Å². The van der Waals surface area contributed by atoms with Gasteiger partial charge in [-0.25, -0.2) is 4.79 Å². The average molecular weight is 338 g/mol. The fourth-order valence-electron chi connectivity index (χ4n) is 2.28. The zero-order valence-electron chi connectivity index (χ0n) is 14.0. The lowest BCUT2D eigenvalue weighted by Gasteiger charge is -2.16. The molecule has 25 heavy (non-hydrogen) atoms. The highest BCUT2D eigenvalue weighted by Gasteiger charge is 2.20. The molecule has 0 unspecified atom stereocenters. The molecule has 0 fully saturated rings. The highest BCUT2D eigenvalue weighted by molar-refractivity contribution is 5.99. The number of rotatable bonds is 6. The number of nitriles is 1. The van der Waals surface area contributed by atoms with Crippen LogP contribution >= 0.6 is 0 Å². The second-order valence-corrected chi connectivity index (χ2v) is 5.34. The molecule has 0 aliphatic rings. The molecule has 6 nitrogen and oxygen atoms in total. The van der Waals surface area contributed by atoms with E-state index in [4.69, 9.17) is 14.7 Å². The number of benzene rings is 2. The molecule has 6 heteroatoms. The molecule has 1 N–H and O–H groups in total. The van der Waals surface area contributed by atoms with E-state index in [0.717, 1.165) is 11.1 Å². The van der Waals surface area contributed by atoms with E-state index in [1.165, 1.54) is 7.11 Å². The minimum Gasteiger partial charge on any atom is -0.486 e. The quantitative estimate of drug-likeness (QED) is 0.817. The van der Waals surface area contributed by atoms with Crippen LogP contribution in [0, 0.1) is 18.3 Å². The molecule has 0 heterocycles. The van der Waals surface area contributed by atoms with Gasteiger partial charge in [0, 0.05) is 0 Å². The minimum atomic E-state index is -0.567. The summed E-state index contributed by atoms with van der Waals surface area (Å²) in [7, 11) is 1.28. The van der Waals surface area contributed by atoms with Gasteiger partial charge in [-0.05, 0) is 30.2 Å². The summed E-state index contributed by atoms with van der Waals surface area (Å²) in [6.07, 6.45) is -0.292. The highest BCUT2D eigenvalue weighted by Crippen LogP contribution is 2.32. The molecular formula is C19H18N2O4. The molecule has 1 amide bonds. The van der Waals surface area contributed by atoms with Gasteiger partial charge in [0.15, 0.2) is 5.75 Å². The summed E-state index contributed by atoms with van der Waals surface area (Å²) < 4.78 is 10.6. The molecule has 2 rings (SSSR count). The summed E-state index contributed by atoms with van der Waals surface area (Å²) in [5.41, 5.74) is 2.20. The molecule has 128 valence electrons. The van der Waals surface area contributed by atoms with Crippen molar-refractivity contribution in [3.05, 3.63) is 59.2 Å². The lowest BCUT2D eigenvalue weighted by atomic mass is 10.1. The summed E-state index contributed by atoms with van der Waals surface area (Å²) in [4.78, 5) is 23.9. The summed E-state index contributed by atoms with van der Waals surface area (Å²) in [6.45, 7) is 2.00. The molecule has 0 saturated heterocycles. The Labute approximate surface area is 146 Å². The number of esters is 1. The SMILES string of the molecule is COC(=O)c1cc(C)cc(NC(=O)CC#N)c1OCc1ccccc1. The van der Waals surface area contributed by atoms with Crippen LogP contribution in [0.5, 0.6) is 5.75 Å². The Kier molecular flexibility index (Phi) is 6.13. The van der Waals surface area contributed by atoms with Gasteiger partial charge in [0.25, 0.3) is 0 Å². The predicted octanol–water partition coefficient (Wildman–Crippen LogP) is 3.21. The van der Waals surface area contributed by atoms with E-state index in [1.54, 1.807) is 25.1 Å². The highest BCUT2D eigenvalue weighted by atomic mass is 16.5. The number of amides is 1. The van der Waals surface area contributed by atoms with Crippen LogP contribution in [0.1, 0.15) is 27.9 Å². The Bertz CT molecular complexity index is 810. The van der Waals surface area contributed by atoms with Crippen LogP contribution < -0.4 is 10.1 Å². The Morgan fingerprint density at radius 3 is 2.56 bits per heavy atom. The van der Waals surface area contributed by atoms with Gasteiger partial charge < -0.3 is 14.8 Å².